The maximum atomic E-state index is 12.7. The molecule has 4 rings (SSSR count). The Morgan fingerprint density at radius 1 is 1.23 bits per heavy atom. The maximum absolute atomic E-state index is 12.7. The van der Waals surface area contributed by atoms with E-state index >= 15 is 0 Å². The van der Waals surface area contributed by atoms with Crippen molar-refractivity contribution in [1.82, 2.24) is 0 Å². The standard InChI is InChI=1S/C20H21ClN2O3/c1-2-23-7-6-13-4-5-15(12-17(13)23)22-20(24)14-10-16(21)19-18(11-14)25-8-3-9-26-19/h4-5,10-12H,2-3,6-9H2,1H3,(H,22,24). The van der Waals surface area contributed by atoms with Crippen LogP contribution in [0.4, 0.5) is 11.4 Å². The number of fused-ring (bicyclic) bond motifs is 2. The van der Waals surface area contributed by atoms with E-state index in [0.717, 1.165) is 31.6 Å². The van der Waals surface area contributed by atoms with E-state index in [-0.39, 0.29) is 5.91 Å². The molecule has 2 aromatic rings. The molecule has 0 radical (unpaired) electrons. The van der Waals surface area contributed by atoms with Gasteiger partial charge in [-0.05, 0) is 43.2 Å². The maximum Gasteiger partial charge on any atom is 0.255 e. The van der Waals surface area contributed by atoms with Crippen LogP contribution in [0.5, 0.6) is 11.5 Å². The number of hydrogen-bond acceptors (Lipinski definition) is 4. The van der Waals surface area contributed by atoms with Crippen molar-refractivity contribution in [2.45, 2.75) is 19.8 Å². The molecule has 2 aliphatic rings. The Hall–Kier alpha value is -2.40. The molecule has 2 heterocycles. The van der Waals surface area contributed by atoms with Crippen molar-refractivity contribution >= 4 is 28.9 Å². The molecule has 5 nitrogen and oxygen atoms in total. The summed E-state index contributed by atoms with van der Waals surface area (Å²) in [5.41, 5.74) is 3.75. The molecule has 0 saturated carbocycles. The smallest absolute Gasteiger partial charge is 0.255 e. The number of rotatable bonds is 3. The van der Waals surface area contributed by atoms with E-state index in [4.69, 9.17) is 21.1 Å². The van der Waals surface area contributed by atoms with Gasteiger partial charge in [-0.1, -0.05) is 17.7 Å². The zero-order valence-corrected chi connectivity index (χ0v) is 15.4. The average molecular weight is 373 g/mol. The van der Waals surface area contributed by atoms with Crippen molar-refractivity contribution < 1.29 is 14.3 Å². The predicted molar refractivity (Wildman–Crippen MR) is 103 cm³/mol. The Morgan fingerprint density at radius 3 is 2.92 bits per heavy atom. The molecule has 0 atom stereocenters. The van der Waals surface area contributed by atoms with Crippen LogP contribution in [0, 0.1) is 0 Å². The van der Waals surface area contributed by atoms with Crippen LogP contribution < -0.4 is 19.7 Å². The molecular weight excluding hydrogens is 352 g/mol. The van der Waals surface area contributed by atoms with E-state index in [9.17, 15) is 4.79 Å². The second-order valence-corrected chi connectivity index (χ2v) is 6.87. The summed E-state index contributed by atoms with van der Waals surface area (Å²) in [6.45, 7) is 5.23. The average Bonchev–Trinajstić information content (AvgIpc) is 2.88. The van der Waals surface area contributed by atoms with Crippen LogP contribution in [0.1, 0.15) is 29.3 Å². The van der Waals surface area contributed by atoms with Crippen molar-refractivity contribution in [2.24, 2.45) is 0 Å². The molecule has 0 spiro atoms. The Morgan fingerprint density at radius 2 is 2.08 bits per heavy atom. The largest absolute Gasteiger partial charge is 0.489 e. The summed E-state index contributed by atoms with van der Waals surface area (Å²) in [6, 6.07) is 9.38. The van der Waals surface area contributed by atoms with Gasteiger partial charge in [-0.15, -0.1) is 0 Å². The minimum atomic E-state index is -0.219. The van der Waals surface area contributed by atoms with Crippen molar-refractivity contribution in [3.8, 4) is 11.5 Å². The van der Waals surface area contributed by atoms with Gasteiger partial charge in [0.2, 0.25) is 0 Å². The summed E-state index contributed by atoms with van der Waals surface area (Å²) in [4.78, 5) is 15.0. The van der Waals surface area contributed by atoms with E-state index in [1.54, 1.807) is 12.1 Å². The molecule has 26 heavy (non-hydrogen) atoms. The summed E-state index contributed by atoms with van der Waals surface area (Å²) in [7, 11) is 0. The van der Waals surface area contributed by atoms with Crippen LogP contribution in [0.2, 0.25) is 5.02 Å². The summed E-state index contributed by atoms with van der Waals surface area (Å²) >= 11 is 6.29. The highest BCUT2D eigenvalue weighted by molar-refractivity contribution is 6.32. The number of hydrogen-bond donors (Lipinski definition) is 1. The highest BCUT2D eigenvalue weighted by atomic mass is 35.5. The zero-order valence-electron chi connectivity index (χ0n) is 14.7. The summed E-state index contributed by atoms with van der Waals surface area (Å²) in [5.74, 6) is 0.812. The number of ether oxygens (including phenoxy) is 2. The third-order valence-corrected chi connectivity index (χ3v) is 5.06. The van der Waals surface area contributed by atoms with Crippen molar-refractivity contribution in [3.05, 3.63) is 46.5 Å². The third-order valence-electron chi connectivity index (χ3n) is 4.78. The zero-order chi connectivity index (χ0) is 18.1. The molecule has 6 heteroatoms. The molecular formula is C20H21ClN2O3. The summed E-state index contributed by atoms with van der Waals surface area (Å²) < 4.78 is 11.3. The topological polar surface area (TPSA) is 50.8 Å². The van der Waals surface area contributed by atoms with Crippen LogP contribution in [-0.4, -0.2) is 32.2 Å². The van der Waals surface area contributed by atoms with Crippen molar-refractivity contribution in [3.63, 3.8) is 0 Å². The normalized spacial score (nSPS) is 15.4. The van der Waals surface area contributed by atoms with E-state index in [1.165, 1.54) is 11.3 Å². The van der Waals surface area contributed by atoms with Gasteiger partial charge >= 0.3 is 0 Å². The lowest BCUT2D eigenvalue weighted by molar-refractivity contribution is 0.102. The van der Waals surface area contributed by atoms with Crippen LogP contribution in [-0.2, 0) is 6.42 Å². The molecule has 0 unspecified atom stereocenters. The highest BCUT2D eigenvalue weighted by Gasteiger charge is 2.20. The fourth-order valence-electron chi connectivity index (χ4n) is 3.42. The molecule has 1 N–H and O–H groups in total. The first-order chi connectivity index (χ1) is 12.7. The van der Waals surface area contributed by atoms with Gasteiger partial charge in [-0.2, -0.15) is 0 Å². The lowest BCUT2D eigenvalue weighted by Crippen LogP contribution is -2.19. The monoisotopic (exact) mass is 372 g/mol. The Kier molecular flexibility index (Phi) is 4.64. The second kappa shape index (κ2) is 7.08. The van der Waals surface area contributed by atoms with Crippen molar-refractivity contribution in [1.29, 1.82) is 0 Å². The molecule has 0 aromatic heterocycles. The van der Waals surface area contributed by atoms with Crippen molar-refractivity contribution in [2.75, 3.05) is 36.5 Å². The molecule has 0 fully saturated rings. The lowest BCUT2D eigenvalue weighted by Gasteiger charge is -2.17. The number of benzene rings is 2. The quantitative estimate of drug-likeness (QED) is 0.879. The highest BCUT2D eigenvalue weighted by Crippen LogP contribution is 2.38. The SMILES string of the molecule is CCN1CCc2ccc(NC(=O)c3cc(Cl)c4c(c3)OCCCO4)cc21. The van der Waals surface area contributed by atoms with Gasteiger partial charge in [-0.25, -0.2) is 0 Å². The van der Waals surface area contributed by atoms with E-state index in [1.807, 2.05) is 12.1 Å². The molecule has 2 aliphatic heterocycles. The molecule has 1 amide bonds. The predicted octanol–water partition coefficient (Wildman–Crippen LogP) is 4.14. The van der Waals surface area contributed by atoms with Gasteiger partial charge in [0.15, 0.2) is 11.5 Å². The third kappa shape index (κ3) is 3.19. The Labute approximate surface area is 157 Å². The first-order valence-electron chi connectivity index (χ1n) is 8.94. The van der Waals surface area contributed by atoms with E-state index in [2.05, 4.69) is 23.2 Å². The van der Waals surface area contributed by atoms with Gasteiger partial charge in [0, 0.05) is 36.4 Å². The fraction of sp³-hybridized carbons (Fsp3) is 0.350. The summed E-state index contributed by atoms with van der Waals surface area (Å²) in [5, 5.41) is 3.35. The van der Waals surface area contributed by atoms with Gasteiger partial charge in [0.25, 0.3) is 5.91 Å². The van der Waals surface area contributed by atoms with Gasteiger partial charge < -0.3 is 19.7 Å². The first kappa shape index (κ1) is 17.0. The van der Waals surface area contributed by atoms with Gasteiger partial charge in [0.1, 0.15) is 0 Å². The Bertz CT molecular complexity index is 853. The number of amides is 1. The van der Waals surface area contributed by atoms with Gasteiger partial charge in [0.05, 0.1) is 18.2 Å². The van der Waals surface area contributed by atoms with Crippen LogP contribution >= 0.6 is 11.6 Å². The first-order valence-corrected chi connectivity index (χ1v) is 9.32. The molecule has 0 aliphatic carbocycles. The van der Waals surface area contributed by atoms with Crippen LogP contribution in [0.3, 0.4) is 0 Å². The van der Waals surface area contributed by atoms with Gasteiger partial charge in [-0.3, -0.25) is 4.79 Å². The number of carbonyl (C=O) groups is 1. The number of anilines is 2. The molecule has 0 saturated heterocycles. The van der Waals surface area contributed by atoms with E-state index < -0.39 is 0 Å². The number of halogens is 1. The number of nitrogens with zero attached hydrogens (tertiary/aromatic N) is 1. The van der Waals surface area contributed by atoms with Crippen LogP contribution in [0.15, 0.2) is 30.3 Å². The van der Waals surface area contributed by atoms with Crippen LogP contribution in [0.25, 0.3) is 0 Å². The van der Waals surface area contributed by atoms with E-state index in [0.29, 0.717) is 35.3 Å². The molecule has 0 bridgehead atoms. The minimum Gasteiger partial charge on any atom is -0.489 e. The number of carbonyl (C=O) groups excluding carboxylic acids is 1. The second-order valence-electron chi connectivity index (χ2n) is 6.46. The lowest BCUT2D eigenvalue weighted by atomic mass is 10.1. The number of nitrogens with one attached hydrogen (secondary N) is 1. The Balaban J connectivity index is 1.57. The summed E-state index contributed by atoms with van der Waals surface area (Å²) in [6.07, 6.45) is 1.84. The molecule has 2 aromatic carbocycles. The molecule has 136 valence electrons. The fourth-order valence-corrected chi connectivity index (χ4v) is 3.68. The minimum absolute atomic E-state index is 0.219. The number of likely N-dealkylation sites (N-methyl/N-ethyl adjacent to an activating group) is 1.